The molecule has 7 heteroatoms. The van der Waals surface area contributed by atoms with E-state index in [-0.39, 0.29) is 10.8 Å². The van der Waals surface area contributed by atoms with E-state index < -0.39 is 0 Å². The third-order valence-corrected chi connectivity index (χ3v) is 4.11. The first-order chi connectivity index (χ1) is 12.6. The van der Waals surface area contributed by atoms with Crippen molar-refractivity contribution in [1.29, 1.82) is 0 Å². The molecule has 3 heterocycles. The highest BCUT2D eigenvalue weighted by molar-refractivity contribution is 5.45. The quantitative estimate of drug-likeness (QED) is 0.704. The van der Waals surface area contributed by atoms with Crippen molar-refractivity contribution >= 4 is 5.82 Å². The van der Waals surface area contributed by atoms with Crippen LogP contribution in [0.25, 0.3) is 11.6 Å². The Labute approximate surface area is 160 Å². The number of furan rings is 1. The first-order valence-corrected chi connectivity index (χ1v) is 9.22. The number of nitrogens with zero attached hydrogens (tertiary/aromatic N) is 4. The summed E-state index contributed by atoms with van der Waals surface area (Å²) in [5, 5.41) is 10.6. The van der Waals surface area contributed by atoms with Crippen LogP contribution in [0.15, 0.2) is 28.9 Å². The molecule has 7 nitrogen and oxygen atoms in total. The average Bonchev–Trinajstić information content (AvgIpc) is 3.24. The molecule has 27 heavy (non-hydrogen) atoms. The van der Waals surface area contributed by atoms with Gasteiger partial charge < -0.3 is 9.73 Å². The largest absolute Gasteiger partial charge is 0.461 e. The number of H-pyrrole nitrogens is 1. The van der Waals surface area contributed by atoms with E-state index in [1.54, 1.807) is 6.26 Å². The molecule has 0 amide bonds. The lowest BCUT2D eigenvalue weighted by Gasteiger charge is -2.24. The molecule has 3 aromatic heterocycles. The maximum absolute atomic E-state index is 5.32. The second-order valence-corrected chi connectivity index (χ2v) is 8.72. The fraction of sp³-hybridized carbons (Fsp3) is 0.500. The van der Waals surface area contributed by atoms with E-state index in [1.807, 2.05) is 18.2 Å². The van der Waals surface area contributed by atoms with Gasteiger partial charge >= 0.3 is 0 Å². The molecule has 144 valence electrons. The fourth-order valence-corrected chi connectivity index (χ4v) is 2.49. The standard InChI is InChI=1S/C20H28N6O/c1-19(2,3)14-12-16(24-18(22-14)20(4,5)6)21-10-9-15-23-17(26-25-15)13-8-7-11-27-13/h7-8,11-12H,9-10H2,1-6H3,(H,21,22,24)(H,23,25,26). The molecule has 0 aliphatic heterocycles. The van der Waals surface area contributed by atoms with Crippen molar-refractivity contribution in [3.05, 3.63) is 41.8 Å². The zero-order valence-electron chi connectivity index (χ0n) is 16.9. The predicted octanol–water partition coefficient (Wildman–Crippen LogP) is 4.10. The molecule has 3 rings (SSSR count). The summed E-state index contributed by atoms with van der Waals surface area (Å²) in [6.45, 7) is 13.6. The summed E-state index contributed by atoms with van der Waals surface area (Å²) in [5.74, 6) is 3.71. The van der Waals surface area contributed by atoms with Gasteiger partial charge in [-0.1, -0.05) is 41.5 Å². The fourth-order valence-electron chi connectivity index (χ4n) is 2.49. The van der Waals surface area contributed by atoms with E-state index in [9.17, 15) is 0 Å². The van der Waals surface area contributed by atoms with Crippen molar-refractivity contribution in [2.45, 2.75) is 58.8 Å². The maximum atomic E-state index is 5.32. The maximum Gasteiger partial charge on any atom is 0.216 e. The van der Waals surface area contributed by atoms with E-state index in [1.165, 1.54) is 0 Å². The van der Waals surface area contributed by atoms with E-state index in [0.29, 0.717) is 24.6 Å². The van der Waals surface area contributed by atoms with Crippen molar-refractivity contribution in [3.63, 3.8) is 0 Å². The SMILES string of the molecule is CC(C)(C)c1cc(NCCc2nc(-c3ccco3)n[nH]2)nc(C(C)(C)C)n1. The summed E-state index contributed by atoms with van der Waals surface area (Å²) in [4.78, 5) is 14.0. The molecule has 0 aromatic carbocycles. The minimum absolute atomic E-state index is 0.0394. The van der Waals surface area contributed by atoms with Crippen LogP contribution >= 0.6 is 0 Å². The second-order valence-electron chi connectivity index (χ2n) is 8.72. The van der Waals surface area contributed by atoms with Crippen LogP contribution in [-0.2, 0) is 17.3 Å². The Balaban J connectivity index is 1.70. The van der Waals surface area contributed by atoms with E-state index in [0.717, 1.165) is 23.2 Å². The Morgan fingerprint density at radius 1 is 1.04 bits per heavy atom. The Bertz CT molecular complexity index is 852. The Hall–Kier alpha value is -2.70. The summed E-state index contributed by atoms with van der Waals surface area (Å²) in [6, 6.07) is 5.69. The van der Waals surface area contributed by atoms with Gasteiger partial charge in [0.2, 0.25) is 5.82 Å². The molecular formula is C20H28N6O. The smallest absolute Gasteiger partial charge is 0.216 e. The first-order valence-electron chi connectivity index (χ1n) is 9.22. The third-order valence-electron chi connectivity index (χ3n) is 4.11. The van der Waals surface area contributed by atoms with Gasteiger partial charge in [-0.2, -0.15) is 5.10 Å². The van der Waals surface area contributed by atoms with Crippen LogP contribution in [0.4, 0.5) is 5.82 Å². The zero-order chi connectivity index (χ0) is 19.7. The third kappa shape index (κ3) is 4.72. The lowest BCUT2D eigenvalue weighted by molar-refractivity contribution is 0.514. The summed E-state index contributed by atoms with van der Waals surface area (Å²) in [7, 11) is 0. The molecule has 0 spiro atoms. The summed E-state index contributed by atoms with van der Waals surface area (Å²) >= 11 is 0. The van der Waals surface area contributed by atoms with Gasteiger partial charge in [0, 0.05) is 29.9 Å². The van der Waals surface area contributed by atoms with Crippen LogP contribution in [0.1, 0.15) is 58.9 Å². The van der Waals surface area contributed by atoms with E-state index in [2.05, 4.69) is 62.0 Å². The number of anilines is 1. The number of rotatable bonds is 5. The predicted molar refractivity (Wildman–Crippen MR) is 106 cm³/mol. The van der Waals surface area contributed by atoms with Crippen LogP contribution in [-0.4, -0.2) is 31.7 Å². The van der Waals surface area contributed by atoms with Crippen LogP contribution in [0.2, 0.25) is 0 Å². The van der Waals surface area contributed by atoms with Gasteiger partial charge in [0.05, 0.1) is 12.0 Å². The van der Waals surface area contributed by atoms with Crippen molar-refractivity contribution in [3.8, 4) is 11.6 Å². The van der Waals surface area contributed by atoms with Crippen LogP contribution in [0.3, 0.4) is 0 Å². The van der Waals surface area contributed by atoms with Gasteiger partial charge in [-0.15, -0.1) is 0 Å². The van der Waals surface area contributed by atoms with Crippen molar-refractivity contribution in [2.24, 2.45) is 0 Å². The average molecular weight is 368 g/mol. The molecule has 0 aliphatic carbocycles. The van der Waals surface area contributed by atoms with Gasteiger partial charge in [0.1, 0.15) is 17.5 Å². The molecule has 0 bridgehead atoms. The Morgan fingerprint density at radius 2 is 1.81 bits per heavy atom. The van der Waals surface area contributed by atoms with Gasteiger partial charge in [0.15, 0.2) is 5.76 Å². The van der Waals surface area contributed by atoms with Crippen molar-refractivity contribution in [1.82, 2.24) is 25.1 Å². The lowest BCUT2D eigenvalue weighted by Crippen LogP contribution is -2.23. The first kappa shape index (κ1) is 19.1. The van der Waals surface area contributed by atoms with Crippen LogP contribution < -0.4 is 5.32 Å². The number of hydrogen-bond donors (Lipinski definition) is 2. The topological polar surface area (TPSA) is 92.5 Å². The van der Waals surface area contributed by atoms with Gasteiger partial charge in [-0.05, 0) is 12.1 Å². The zero-order valence-corrected chi connectivity index (χ0v) is 16.9. The highest BCUT2D eigenvalue weighted by Gasteiger charge is 2.23. The molecule has 0 saturated carbocycles. The molecule has 2 N–H and O–H groups in total. The normalized spacial score (nSPS) is 12.4. The summed E-state index contributed by atoms with van der Waals surface area (Å²) in [5.41, 5.74) is 0.882. The van der Waals surface area contributed by atoms with Gasteiger partial charge in [-0.25, -0.2) is 15.0 Å². The van der Waals surface area contributed by atoms with Crippen LogP contribution in [0, 0.1) is 0 Å². The Kier molecular flexibility index (Phi) is 5.04. The lowest BCUT2D eigenvalue weighted by atomic mass is 9.90. The van der Waals surface area contributed by atoms with E-state index in [4.69, 9.17) is 14.4 Å². The summed E-state index contributed by atoms with van der Waals surface area (Å²) in [6.07, 6.45) is 2.31. The van der Waals surface area contributed by atoms with Crippen LogP contribution in [0.5, 0.6) is 0 Å². The molecule has 0 saturated heterocycles. The monoisotopic (exact) mass is 368 g/mol. The van der Waals surface area contributed by atoms with Gasteiger partial charge in [-0.3, -0.25) is 5.10 Å². The van der Waals surface area contributed by atoms with Crippen molar-refractivity contribution < 1.29 is 4.42 Å². The molecule has 0 atom stereocenters. The molecule has 0 fully saturated rings. The second kappa shape index (κ2) is 7.13. The number of hydrogen-bond acceptors (Lipinski definition) is 6. The molecule has 3 aromatic rings. The number of nitrogens with one attached hydrogen (secondary N) is 2. The summed E-state index contributed by atoms with van der Waals surface area (Å²) < 4.78 is 5.32. The molecule has 0 aliphatic rings. The van der Waals surface area contributed by atoms with Gasteiger partial charge in [0.25, 0.3) is 0 Å². The molecule has 0 unspecified atom stereocenters. The minimum Gasteiger partial charge on any atom is -0.461 e. The number of aromatic nitrogens is 5. The minimum atomic E-state index is -0.111. The highest BCUT2D eigenvalue weighted by Crippen LogP contribution is 2.26. The molecule has 0 radical (unpaired) electrons. The Morgan fingerprint density at radius 3 is 2.44 bits per heavy atom. The molecular weight excluding hydrogens is 340 g/mol. The highest BCUT2D eigenvalue weighted by atomic mass is 16.3. The van der Waals surface area contributed by atoms with Crippen molar-refractivity contribution in [2.75, 3.05) is 11.9 Å². The van der Waals surface area contributed by atoms with E-state index >= 15 is 0 Å². The number of aromatic amines is 1.